The van der Waals surface area contributed by atoms with Gasteiger partial charge in [-0.25, -0.2) is 24.1 Å². The molecule has 9 heteroatoms. The Bertz CT molecular complexity index is 1270. The van der Waals surface area contributed by atoms with Crippen LogP contribution in [0.15, 0.2) is 30.6 Å². The molecular weight excluding hydrogens is 437 g/mol. The number of hydrogen-bond acceptors (Lipinski definition) is 8. The number of carbonyl (C=O) groups is 1. The van der Waals surface area contributed by atoms with Gasteiger partial charge in [0.2, 0.25) is 5.88 Å². The molecule has 1 saturated carbocycles. The summed E-state index contributed by atoms with van der Waals surface area (Å²) in [5, 5.41) is 4.80. The molecule has 0 amide bonds. The Morgan fingerprint density at radius 3 is 2.62 bits per heavy atom. The van der Waals surface area contributed by atoms with Crippen molar-refractivity contribution in [1.29, 1.82) is 0 Å². The van der Waals surface area contributed by atoms with E-state index in [2.05, 4.69) is 20.3 Å². The van der Waals surface area contributed by atoms with Crippen molar-refractivity contribution in [2.45, 2.75) is 70.4 Å². The lowest BCUT2D eigenvalue weighted by Gasteiger charge is -2.30. The van der Waals surface area contributed by atoms with Crippen LogP contribution in [0.3, 0.4) is 0 Å². The number of cyclic esters (lactones) is 1. The van der Waals surface area contributed by atoms with Crippen LogP contribution in [-0.2, 0) is 10.3 Å². The minimum absolute atomic E-state index is 0.0233. The lowest BCUT2D eigenvalue weighted by molar-refractivity contribution is 0.0235. The highest BCUT2D eigenvalue weighted by Crippen LogP contribution is 2.36. The normalized spacial score (nSPS) is 24.2. The molecule has 3 N–H and O–H groups in total. The molecule has 3 aromatic rings. The summed E-state index contributed by atoms with van der Waals surface area (Å²) in [5.41, 5.74) is 7.78. The fourth-order valence-corrected chi connectivity index (χ4v) is 4.29. The van der Waals surface area contributed by atoms with Gasteiger partial charge >= 0.3 is 5.97 Å². The topological polar surface area (TPSA) is 112 Å². The molecule has 0 bridgehead atoms. The highest BCUT2D eigenvalue weighted by atomic mass is 19.1. The number of fused-ring (bicyclic) bond motifs is 2. The predicted molar refractivity (Wildman–Crippen MR) is 126 cm³/mol. The summed E-state index contributed by atoms with van der Waals surface area (Å²) in [5.74, 6) is 1.18. The van der Waals surface area contributed by atoms with Crippen LogP contribution in [0.25, 0.3) is 10.8 Å². The highest BCUT2D eigenvalue weighted by Gasteiger charge is 2.33. The Hall–Kier alpha value is -3.33. The van der Waals surface area contributed by atoms with Gasteiger partial charge < -0.3 is 20.5 Å². The number of ether oxygens (including phenoxy) is 2. The molecule has 1 fully saturated rings. The van der Waals surface area contributed by atoms with Gasteiger partial charge in [-0.2, -0.15) is 0 Å². The number of halogens is 1. The summed E-state index contributed by atoms with van der Waals surface area (Å²) in [6.45, 7) is 7.66. The Balaban J connectivity index is 1.50. The fourth-order valence-electron chi connectivity index (χ4n) is 4.29. The van der Waals surface area contributed by atoms with Crippen molar-refractivity contribution in [3.8, 4) is 5.88 Å². The highest BCUT2D eigenvalue weighted by molar-refractivity contribution is 5.93. The number of nitrogens with zero attached hydrogens (tertiary/aromatic N) is 3. The summed E-state index contributed by atoms with van der Waals surface area (Å²) in [6.07, 6.45) is 2.88. The van der Waals surface area contributed by atoms with E-state index in [0.717, 1.165) is 10.9 Å². The average Bonchev–Trinajstić information content (AvgIpc) is 2.75. The van der Waals surface area contributed by atoms with Crippen molar-refractivity contribution in [2.75, 3.05) is 5.32 Å². The number of esters is 1. The first kappa shape index (κ1) is 22.5. The number of nitrogens with one attached hydrogen (secondary N) is 1. The summed E-state index contributed by atoms with van der Waals surface area (Å²) in [4.78, 5) is 25.9. The quantitative estimate of drug-likeness (QED) is 0.530. The van der Waals surface area contributed by atoms with Crippen LogP contribution < -0.4 is 15.8 Å². The van der Waals surface area contributed by atoms with Crippen LogP contribution in [0.2, 0.25) is 0 Å². The van der Waals surface area contributed by atoms with Gasteiger partial charge in [-0.15, -0.1) is 0 Å². The smallest absolute Gasteiger partial charge is 0.340 e. The number of alkyl halides is 1. The van der Waals surface area contributed by atoms with Gasteiger partial charge in [0.1, 0.15) is 30.0 Å². The van der Waals surface area contributed by atoms with Crippen LogP contribution in [0, 0.1) is 0 Å². The summed E-state index contributed by atoms with van der Waals surface area (Å²) >= 11 is 0. The Morgan fingerprint density at radius 1 is 1.15 bits per heavy atom. The standard InChI is InChI=1S/C25H28FN5O3/c1-12-13(2)33-24(32)16-5-6-20(31-22(12)16)30-21-9-17-18(10-28-21)23(34-15-7-14(26)8-15)29-11-19(17)25(3,4)27/h5-6,9-15H,7-8,27H2,1-4H3,(H,28,30,31)/t12-,13-,14?,15?/m0/s1. The number of rotatable bonds is 5. The molecule has 0 radical (unpaired) electrons. The van der Waals surface area contributed by atoms with Gasteiger partial charge in [0.15, 0.2) is 0 Å². The molecule has 2 aliphatic rings. The van der Waals surface area contributed by atoms with Gasteiger partial charge in [-0.05, 0) is 49.9 Å². The summed E-state index contributed by atoms with van der Waals surface area (Å²) < 4.78 is 24.6. The number of nitrogens with two attached hydrogens (primary N) is 1. The number of anilines is 2. The molecule has 1 aliphatic heterocycles. The van der Waals surface area contributed by atoms with Gasteiger partial charge in [0, 0.05) is 36.7 Å². The minimum Gasteiger partial charge on any atom is -0.474 e. The Morgan fingerprint density at radius 2 is 1.91 bits per heavy atom. The molecule has 0 aromatic carbocycles. The molecule has 178 valence electrons. The molecule has 0 saturated heterocycles. The van der Waals surface area contributed by atoms with Crippen molar-refractivity contribution < 1.29 is 18.7 Å². The maximum atomic E-state index is 13.3. The molecule has 5 rings (SSSR count). The predicted octanol–water partition coefficient (Wildman–Crippen LogP) is 4.50. The fraction of sp³-hybridized carbons (Fsp3) is 0.440. The molecule has 3 aromatic heterocycles. The van der Waals surface area contributed by atoms with Crippen LogP contribution in [0.1, 0.15) is 68.1 Å². The number of aromatic nitrogens is 3. The van der Waals surface area contributed by atoms with Crippen LogP contribution in [0.5, 0.6) is 5.88 Å². The first-order valence-corrected chi connectivity index (χ1v) is 11.5. The minimum atomic E-state index is -0.816. The maximum absolute atomic E-state index is 13.3. The van der Waals surface area contributed by atoms with Crippen LogP contribution >= 0.6 is 0 Å². The molecule has 8 nitrogen and oxygen atoms in total. The lowest BCUT2D eigenvalue weighted by atomic mass is 9.92. The molecular formula is C25H28FN5O3. The van der Waals surface area contributed by atoms with E-state index in [1.165, 1.54) is 0 Å². The third-order valence-corrected chi connectivity index (χ3v) is 6.57. The molecule has 4 heterocycles. The third kappa shape index (κ3) is 4.04. The van der Waals surface area contributed by atoms with E-state index < -0.39 is 11.7 Å². The molecule has 34 heavy (non-hydrogen) atoms. The van der Waals surface area contributed by atoms with E-state index in [4.69, 9.17) is 15.2 Å². The zero-order chi connectivity index (χ0) is 24.2. The zero-order valence-electron chi connectivity index (χ0n) is 19.6. The molecule has 2 atom stereocenters. The summed E-state index contributed by atoms with van der Waals surface area (Å²) in [6, 6.07) is 5.33. The van der Waals surface area contributed by atoms with Gasteiger partial charge in [0.25, 0.3) is 0 Å². The summed E-state index contributed by atoms with van der Waals surface area (Å²) in [7, 11) is 0. The van der Waals surface area contributed by atoms with E-state index >= 15 is 0 Å². The average molecular weight is 466 g/mol. The lowest BCUT2D eigenvalue weighted by Crippen LogP contribution is -2.35. The van der Waals surface area contributed by atoms with Crippen molar-refractivity contribution in [1.82, 2.24) is 15.0 Å². The molecule has 0 unspecified atom stereocenters. The zero-order valence-corrected chi connectivity index (χ0v) is 19.6. The second-order valence-corrected chi connectivity index (χ2v) is 9.78. The monoisotopic (exact) mass is 465 g/mol. The number of carbonyl (C=O) groups excluding carboxylic acids is 1. The molecule has 0 spiro atoms. The van der Waals surface area contributed by atoms with E-state index in [1.807, 2.05) is 33.8 Å². The van der Waals surface area contributed by atoms with Gasteiger partial charge in [-0.1, -0.05) is 6.92 Å². The second kappa shape index (κ2) is 8.16. The first-order valence-electron chi connectivity index (χ1n) is 11.5. The van der Waals surface area contributed by atoms with Gasteiger partial charge in [0.05, 0.1) is 16.6 Å². The first-order chi connectivity index (χ1) is 16.1. The third-order valence-electron chi connectivity index (χ3n) is 6.57. The Labute approximate surface area is 197 Å². The van der Waals surface area contributed by atoms with Crippen molar-refractivity contribution >= 4 is 28.4 Å². The van der Waals surface area contributed by atoms with Crippen LogP contribution in [0.4, 0.5) is 16.0 Å². The Kier molecular flexibility index (Phi) is 5.39. The van der Waals surface area contributed by atoms with Crippen LogP contribution in [-0.4, -0.2) is 39.3 Å². The molecule has 1 aliphatic carbocycles. The number of pyridine rings is 3. The van der Waals surface area contributed by atoms with E-state index in [1.54, 1.807) is 24.5 Å². The van der Waals surface area contributed by atoms with Crippen molar-refractivity contribution in [2.24, 2.45) is 5.73 Å². The van der Waals surface area contributed by atoms with Gasteiger partial charge in [-0.3, -0.25) is 0 Å². The number of hydrogen-bond donors (Lipinski definition) is 2. The van der Waals surface area contributed by atoms with E-state index in [-0.39, 0.29) is 24.1 Å². The van der Waals surface area contributed by atoms with E-state index in [0.29, 0.717) is 47.0 Å². The van der Waals surface area contributed by atoms with Crippen molar-refractivity contribution in [3.05, 3.63) is 47.4 Å². The maximum Gasteiger partial charge on any atom is 0.340 e. The van der Waals surface area contributed by atoms with Crippen molar-refractivity contribution in [3.63, 3.8) is 0 Å². The van der Waals surface area contributed by atoms with E-state index in [9.17, 15) is 9.18 Å². The largest absolute Gasteiger partial charge is 0.474 e. The SMILES string of the molecule is C[C@@H]1OC(=O)c2ccc(Nc3cc4c(C(C)(C)N)cnc(OC5CC(F)C5)c4cn3)nc2[C@H]1C. The second-order valence-electron chi connectivity index (χ2n) is 9.78.